The molecule has 0 saturated heterocycles. The van der Waals surface area contributed by atoms with E-state index in [1.165, 1.54) is 0 Å². The van der Waals surface area contributed by atoms with Crippen molar-refractivity contribution in [2.45, 2.75) is 45.6 Å². The number of anilines is 1. The Kier molecular flexibility index (Phi) is 6.70. The number of hydrogen-bond acceptors (Lipinski definition) is 4. The molecule has 168 valence electrons. The smallest absolute Gasteiger partial charge is 0.329 e. The van der Waals surface area contributed by atoms with Gasteiger partial charge in [0.25, 0.3) is 0 Å². The fraction of sp³-hybridized carbons (Fsp3) is 0.375. The Morgan fingerprint density at radius 3 is 2.84 bits per heavy atom. The molecule has 4 N–H and O–H groups in total. The molecule has 8 heteroatoms. The van der Waals surface area contributed by atoms with Gasteiger partial charge in [-0.05, 0) is 29.7 Å². The molecule has 3 amide bonds. The number of benzene rings is 2. The highest BCUT2D eigenvalue weighted by molar-refractivity contribution is 5.99. The number of nitrogens with one attached hydrogen (secondary N) is 4. The fourth-order valence-electron chi connectivity index (χ4n) is 4.05. The number of H-pyrrole nitrogens is 1. The molecule has 0 aliphatic carbocycles. The van der Waals surface area contributed by atoms with Gasteiger partial charge in [-0.1, -0.05) is 55.8 Å². The first-order valence-electron chi connectivity index (χ1n) is 11.2. The summed E-state index contributed by atoms with van der Waals surface area (Å²) < 4.78 is 0. The van der Waals surface area contributed by atoms with Crippen molar-refractivity contribution in [2.75, 3.05) is 18.4 Å². The molecule has 1 unspecified atom stereocenters. The largest absolute Gasteiger partial charge is 0.337 e. The van der Waals surface area contributed by atoms with Crippen LogP contribution in [0.2, 0.25) is 0 Å². The SMILES string of the molecule is CCCCNC(=O)NN1CCc2[nH]nc(NC(=O)C(C)c3cccc4ccccc34)c2C1. The molecule has 4 rings (SSSR count). The normalized spacial score (nSPS) is 14.6. The van der Waals surface area contributed by atoms with Crippen LogP contribution in [0.4, 0.5) is 10.6 Å². The third kappa shape index (κ3) is 4.75. The maximum absolute atomic E-state index is 13.1. The quantitative estimate of drug-likeness (QED) is 0.426. The summed E-state index contributed by atoms with van der Waals surface area (Å²) in [5.74, 6) is 0.0728. The summed E-state index contributed by atoms with van der Waals surface area (Å²) in [6.07, 6.45) is 2.69. The third-order valence-electron chi connectivity index (χ3n) is 5.93. The first-order valence-corrected chi connectivity index (χ1v) is 11.2. The number of carbonyl (C=O) groups is 2. The number of hydrogen-bond donors (Lipinski definition) is 4. The Balaban J connectivity index is 1.43. The molecule has 1 atom stereocenters. The van der Waals surface area contributed by atoms with Gasteiger partial charge >= 0.3 is 6.03 Å². The van der Waals surface area contributed by atoms with Crippen LogP contribution in [0.1, 0.15) is 49.4 Å². The summed E-state index contributed by atoms with van der Waals surface area (Å²) in [6.45, 7) is 5.80. The van der Waals surface area contributed by atoms with E-state index in [9.17, 15) is 9.59 Å². The molecule has 1 aliphatic rings. The van der Waals surface area contributed by atoms with E-state index in [4.69, 9.17) is 0 Å². The molecule has 32 heavy (non-hydrogen) atoms. The Morgan fingerprint density at radius 2 is 2.00 bits per heavy atom. The highest BCUT2D eigenvalue weighted by atomic mass is 16.2. The molecule has 1 aromatic heterocycles. The number of nitrogens with zero attached hydrogens (tertiary/aromatic N) is 2. The average molecular weight is 435 g/mol. The fourth-order valence-corrected chi connectivity index (χ4v) is 4.05. The molecule has 1 aliphatic heterocycles. The lowest BCUT2D eigenvalue weighted by atomic mass is 9.94. The van der Waals surface area contributed by atoms with Gasteiger partial charge in [-0.3, -0.25) is 15.3 Å². The maximum atomic E-state index is 13.1. The monoisotopic (exact) mass is 434 g/mol. The van der Waals surface area contributed by atoms with E-state index in [0.29, 0.717) is 31.9 Å². The van der Waals surface area contributed by atoms with Crippen molar-refractivity contribution in [3.05, 3.63) is 59.3 Å². The Bertz CT molecular complexity index is 1100. The van der Waals surface area contributed by atoms with Crippen LogP contribution in [-0.2, 0) is 17.8 Å². The first kappa shape index (κ1) is 21.8. The third-order valence-corrected chi connectivity index (χ3v) is 5.93. The molecule has 2 heterocycles. The molecular formula is C24H30N6O2. The highest BCUT2D eigenvalue weighted by Gasteiger charge is 2.26. The Labute approximate surface area is 187 Å². The van der Waals surface area contributed by atoms with Crippen LogP contribution in [0.5, 0.6) is 0 Å². The van der Waals surface area contributed by atoms with Crippen LogP contribution >= 0.6 is 0 Å². The second kappa shape index (κ2) is 9.82. The van der Waals surface area contributed by atoms with Crippen molar-refractivity contribution in [3.8, 4) is 0 Å². The van der Waals surface area contributed by atoms with E-state index in [0.717, 1.165) is 40.4 Å². The minimum Gasteiger partial charge on any atom is -0.337 e. The summed E-state index contributed by atoms with van der Waals surface area (Å²) in [6, 6.07) is 13.9. The number of fused-ring (bicyclic) bond motifs is 2. The molecule has 8 nitrogen and oxygen atoms in total. The van der Waals surface area contributed by atoms with Gasteiger partial charge in [-0.2, -0.15) is 5.10 Å². The van der Waals surface area contributed by atoms with Crippen LogP contribution in [0, 0.1) is 0 Å². The molecule has 0 spiro atoms. The van der Waals surface area contributed by atoms with Crippen LogP contribution in [0.3, 0.4) is 0 Å². The van der Waals surface area contributed by atoms with Gasteiger partial charge in [-0.15, -0.1) is 0 Å². The van der Waals surface area contributed by atoms with Crippen molar-refractivity contribution < 1.29 is 9.59 Å². The maximum Gasteiger partial charge on any atom is 0.329 e. The predicted octanol–water partition coefficient (Wildman–Crippen LogP) is 3.68. The molecule has 0 fully saturated rings. The zero-order chi connectivity index (χ0) is 22.5. The number of rotatable bonds is 7. The van der Waals surface area contributed by atoms with E-state index in [1.807, 2.05) is 54.4 Å². The molecular weight excluding hydrogens is 404 g/mol. The van der Waals surface area contributed by atoms with Crippen molar-refractivity contribution in [1.82, 2.24) is 25.9 Å². The number of carbonyl (C=O) groups excluding carboxylic acids is 2. The van der Waals surface area contributed by atoms with Gasteiger partial charge in [0.2, 0.25) is 5.91 Å². The molecule has 0 bridgehead atoms. The number of unbranched alkanes of at least 4 members (excludes halogenated alkanes) is 1. The zero-order valence-electron chi connectivity index (χ0n) is 18.6. The summed E-state index contributed by atoms with van der Waals surface area (Å²) >= 11 is 0. The van der Waals surface area contributed by atoms with Crippen LogP contribution in [0.25, 0.3) is 10.8 Å². The van der Waals surface area contributed by atoms with Gasteiger partial charge in [-0.25, -0.2) is 9.80 Å². The van der Waals surface area contributed by atoms with Crippen molar-refractivity contribution in [2.24, 2.45) is 0 Å². The van der Waals surface area contributed by atoms with Crippen molar-refractivity contribution >= 4 is 28.5 Å². The van der Waals surface area contributed by atoms with Crippen LogP contribution in [0.15, 0.2) is 42.5 Å². The van der Waals surface area contributed by atoms with E-state index >= 15 is 0 Å². The van der Waals surface area contributed by atoms with E-state index < -0.39 is 0 Å². The van der Waals surface area contributed by atoms with E-state index in [1.54, 1.807) is 0 Å². The number of aromatic amines is 1. The van der Waals surface area contributed by atoms with Crippen LogP contribution in [-0.4, -0.2) is 40.2 Å². The minimum absolute atomic E-state index is 0.113. The minimum atomic E-state index is -0.337. The summed E-state index contributed by atoms with van der Waals surface area (Å²) in [5, 5.41) is 17.3. The number of aromatic nitrogens is 2. The highest BCUT2D eigenvalue weighted by Crippen LogP contribution is 2.28. The van der Waals surface area contributed by atoms with Crippen LogP contribution < -0.4 is 16.1 Å². The molecule has 2 aromatic carbocycles. The standard InChI is InChI=1S/C24H30N6O2/c1-3-4-13-25-24(32)29-30-14-12-21-20(15-30)22(28-27-21)26-23(31)16(2)18-11-7-9-17-8-5-6-10-19(17)18/h5-11,16H,3-4,12-15H2,1-2H3,(H2,25,29,32)(H2,26,27,28,31). The lowest BCUT2D eigenvalue weighted by Gasteiger charge is -2.27. The Hall–Kier alpha value is -3.39. The molecule has 0 saturated carbocycles. The summed E-state index contributed by atoms with van der Waals surface area (Å²) in [7, 11) is 0. The second-order valence-corrected chi connectivity index (χ2v) is 8.20. The molecule has 0 radical (unpaired) electrons. The summed E-state index contributed by atoms with van der Waals surface area (Å²) in [5.41, 5.74) is 5.76. The Morgan fingerprint density at radius 1 is 1.19 bits per heavy atom. The molecule has 3 aromatic rings. The lowest BCUT2D eigenvalue weighted by Crippen LogP contribution is -2.49. The van der Waals surface area contributed by atoms with Gasteiger partial charge in [0.05, 0.1) is 5.92 Å². The topological polar surface area (TPSA) is 102 Å². The van der Waals surface area contributed by atoms with Gasteiger partial charge in [0, 0.05) is 37.3 Å². The number of hydrazine groups is 1. The summed E-state index contributed by atoms with van der Waals surface area (Å²) in [4.78, 5) is 25.2. The van der Waals surface area contributed by atoms with Gasteiger partial charge < -0.3 is 10.6 Å². The second-order valence-electron chi connectivity index (χ2n) is 8.20. The number of amides is 3. The average Bonchev–Trinajstić information content (AvgIpc) is 3.20. The lowest BCUT2D eigenvalue weighted by molar-refractivity contribution is -0.117. The van der Waals surface area contributed by atoms with E-state index in [-0.39, 0.29) is 17.9 Å². The predicted molar refractivity (Wildman–Crippen MR) is 125 cm³/mol. The zero-order valence-corrected chi connectivity index (χ0v) is 18.6. The van der Waals surface area contributed by atoms with Gasteiger partial charge in [0.15, 0.2) is 5.82 Å². The van der Waals surface area contributed by atoms with Crippen molar-refractivity contribution in [3.63, 3.8) is 0 Å². The van der Waals surface area contributed by atoms with E-state index in [2.05, 4.69) is 33.2 Å². The van der Waals surface area contributed by atoms with Gasteiger partial charge in [0.1, 0.15) is 0 Å². The number of urea groups is 1. The van der Waals surface area contributed by atoms with Crippen molar-refractivity contribution in [1.29, 1.82) is 0 Å². The first-order chi connectivity index (χ1) is 15.6.